The van der Waals surface area contributed by atoms with Crippen molar-refractivity contribution in [1.82, 2.24) is 5.01 Å². The van der Waals surface area contributed by atoms with Gasteiger partial charge in [-0.15, -0.1) is 0 Å². The third-order valence-corrected chi connectivity index (χ3v) is 2.14. The summed E-state index contributed by atoms with van der Waals surface area (Å²) in [5, 5.41) is 1.02. The zero-order chi connectivity index (χ0) is 12.7. The molecule has 0 aromatic heterocycles. The van der Waals surface area contributed by atoms with Gasteiger partial charge in [0.2, 0.25) is 0 Å². The Labute approximate surface area is 100 Å². The van der Waals surface area contributed by atoms with Crippen LogP contribution in [0.1, 0.15) is 23.7 Å². The van der Waals surface area contributed by atoms with E-state index < -0.39 is 0 Å². The normalized spacial score (nSPS) is 9.76. The van der Waals surface area contributed by atoms with E-state index in [1.54, 1.807) is 31.2 Å². The summed E-state index contributed by atoms with van der Waals surface area (Å²) < 4.78 is 4.75. The van der Waals surface area contributed by atoms with Crippen LogP contribution >= 0.6 is 0 Å². The second kappa shape index (κ2) is 6.65. The first-order valence-electron chi connectivity index (χ1n) is 5.42. The third kappa shape index (κ3) is 4.24. The molecule has 0 spiro atoms. The maximum atomic E-state index is 11.8. The van der Waals surface area contributed by atoms with Gasteiger partial charge in [-0.05, 0) is 19.1 Å². The van der Waals surface area contributed by atoms with Gasteiger partial charge >= 0.3 is 5.97 Å². The largest absolute Gasteiger partial charge is 0.466 e. The van der Waals surface area contributed by atoms with Crippen LogP contribution in [0.3, 0.4) is 0 Å². The topological polar surface area (TPSA) is 72.6 Å². The molecule has 0 saturated heterocycles. The number of nitrogens with two attached hydrogens (primary N) is 1. The fourth-order valence-corrected chi connectivity index (χ4v) is 1.29. The second-order valence-electron chi connectivity index (χ2n) is 3.42. The van der Waals surface area contributed by atoms with Crippen LogP contribution in [0, 0.1) is 0 Å². The van der Waals surface area contributed by atoms with E-state index in [0.29, 0.717) is 12.2 Å². The number of hydrogen-bond donors (Lipinski definition) is 1. The number of nitrogens with zero attached hydrogens (tertiary/aromatic N) is 1. The Morgan fingerprint density at radius 3 is 2.53 bits per heavy atom. The van der Waals surface area contributed by atoms with Crippen LogP contribution in [0.5, 0.6) is 0 Å². The van der Waals surface area contributed by atoms with Gasteiger partial charge in [0.1, 0.15) is 0 Å². The van der Waals surface area contributed by atoms with E-state index in [9.17, 15) is 9.59 Å². The van der Waals surface area contributed by atoms with Crippen LogP contribution in [-0.4, -0.2) is 30.0 Å². The summed E-state index contributed by atoms with van der Waals surface area (Å²) in [4.78, 5) is 22.9. The van der Waals surface area contributed by atoms with E-state index in [0.717, 1.165) is 5.01 Å². The van der Waals surface area contributed by atoms with Crippen LogP contribution in [0.4, 0.5) is 0 Å². The lowest BCUT2D eigenvalue weighted by molar-refractivity contribution is -0.143. The van der Waals surface area contributed by atoms with E-state index in [-0.39, 0.29) is 24.8 Å². The molecule has 1 amide bonds. The van der Waals surface area contributed by atoms with E-state index in [4.69, 9.17) is 10.6 Å². The predicted molar refractivity (Wildman–Crippen MR) is 62.9 cm³/mol. The first-order chi connectivity index (χ1) is 8.15. The summed E-state index contributed by atoms with van der Waals surface area (Å²) in [6.07, 6.45) is 0.100. The molecule has 1 aromatic carbocycles. The van der Waals surface area contributed by atoms with Crippen molar-refractivity contribution in [2.75, 3.05) is 13.2 Å². The van der Waals surface area contributed by atoms with Gasteiger partial charge in [-0.3, -0.25) is 14.6 Å². The molecule has 0 atom stereocenters. The Hall–Kier alpha value is -1.88. The molecule has 17 heavy (non-hydrogen) atoms. The van der Waals surface area contributed by atoms with Crippen LogP contribution in [0.25, 0.3) is 0 Å². The molecule has 0 aliphatic carbocycles. The molecule has 0 aliphatic rings. The Bertz CT molecular complexity index is 379. The van der Waals surface area contributed by atoms with E-state index in [2.05, 4.69) is 0 Å². The molecule has 1 aromatic rings. The van der Waals surface area contributed by atoms with Crippen molar-refractivity contribution in [2.24, 2.45) is 5.84 Å². The van der Waals surface area contributed by atoms with Crippen molar-refractivity contribution in [3.05, 3.63) is 35.9 Å². The number of rotatable bonds is 5. The molecule has 0 aliphatic heterocycles. The maximum Gasteiger partial charge on any atom is 0.307 e. The standard InChI is InChI=1S/C12H16N2O3/c1-2-17-11(15)8-9-14(13)12(16)10-6-4-3-5-7-10/h3-7H,2,8-9,13H2,1H3. The van der Waals surface area contributed by atoms with Crippen LogP contribution in [0.2, 0.25) is 0 Å². The van der Waals surface area contributed by atoms with Crippen LogP contribution < -0.4 is 5.84 Å². The lowest BCUT2D eigenvalue weighted by atomic mass is 10.2. The monoisotopic (exact) mass is 236 g/mol. The van der Waals surface area contributed by atoms with Crippen molar-refractivity contribution >= 4 is 11.9 Å². The number of esters is 1. The van der Waals surface area contributed by atoms with Crippen molar-refractivity contribution in [3.8, 4) is 0 Å². The Morgan fingerprint density at radius 1 is 1.29 bits per heavy atom. The zero-order valence-electron chi connectivity index (χ0n) is 9.76. The fourth-order valence-electron chi connectivity index (χ4n) is 1.29. The van der Waals surface area contributed by atoms with Crippen molar-refractivity contribution < 1.29 is 14.3 Å². The van der Waals surface area contributed by atoms with Gasteiger partial charge in [-0.2, -0.15) is 0 Å². The third-order valence-electron chi connectivity index (χ3n) is 2.14. The Kier molecular flexibility index (Phi) is 5.16. The summed E-state index contributed by atoms with van der Waals surface area (Å²) >= 11 is 0. The zero-order valence-corrected chi connectivity index (χ0v) is 9.76. The molecule has 2 N–H and O–H groups in total. The first kappa shape index (κ1) is 13.2. The fraction of sp³-hybridized carbons (Fsp3) is 0.333. The molecule has 0 unspecified atom stereocenters. The molecule has 92 valence electrons. The lowest BCUT2D eigenvalue weighted by Crippen LogP contribution is -2.39. The first-order valence-corrected chi connectivity index (χ1v) is 5.42. The van der Waals surface area contributed by atoms with Crippen molar-refractivity contribution in [3.63, 3.8) is 0 Å². The minimum Gasteiger partial charge on any atom is -0.466 e. The Balaban J connectivity index is 2.45. The van der Waals surface area contributed by atoms with E-state index >= 15 is 0 Å². The molecule has 0 saturated carbocycles. The molecular formula is C12H16N2O3. The number of carbonyl (C=O) groups is 2. The van der Waals surface area contributed by atoms with Gasteiger partial charge in [0.15, 0.2) is 0 Å². The highest BCUT2D eigenvalue weighted by molar-refractivity contribution is 5.93. The molecule has 5 nitrogen and oxygen atoms in total. The smallest absolute Gasteiger partial charge is 0.307 e. The molecule has 0 heterocycles. The minimum absolute atomic E-state index is 0.100. The van der Waals surface area contributed by atoms with Crippen molar-refractivity contribution in [2.45, 2.75) is 13.3 Å². The summed E-state index contributed by atoms with van der Waals surface area (Å²) in [6, 6.07) is 8.67. The lowest BCUT2D eigenvalue weighted by Gasteiger charge is -2.15. The SMILES string of the molecule is CCOC(=O)CCN(N)C(=O)c1ccccc1. The molecule has 1 rings (SSSR count). The summed E-state index contributed by atoms with van der Waals surface area (Å²) in [7, 11) is 0. The number of hydrogen-bond acceptors (Lipinski definition) is 4. The van der Waals surface area contributed by atoms with Crippen molar-refractivity contribution in [1.29, 1.82) is 0 Å². The van der Waals surface area contributed by atoms with Gasteiger partial charge in [-0.1, -0.05) is 18.2 Å². The average molecular weight is 236 g/mol. The van der Waals surface area contributed by atoms with Gasteiger partial charge in [-0.25, -0.2) is 5.84 Å². The average Bonchev–Trinajstić information content (AvgIpc) is 2.36. The number of amides is 1. The highest BCUT2D eigenvalue weighted by Gasteiger charge is 2.13. The van der Waals surface area contributed by atoms with Gasteiger partial charge in [0.05, 0.1) is 13.0 Å². The van der Waals surface area contributed by atoms with Gasteiger partial charge in [0, 0.05) is 12.1 Å². The van der Waals surface area contributed by atoms with E-state index in [1.165, 1.54) is 0 Å². The van der Waals surface area contributed by atoms with E-state index in [1.807, 2.05) is 6.07 Å². The molecule has 0 bridgehead atoms. The van der Waals surface area contributed by atoms with Gasteiger partial charge < -0.3 is 4.74 Å². The molecule has 5 heteroatoms. The number of ether oxygens (including phenoxy) is 1. The molecular weight excluding hydrogens is 220 g/mol. The molecule has 0 fully saturated rings. The summed E-state index contributed by atoms with van der Waals surface area (Å²) in [5.41, 5.74) is 0.499. The summed E-state index contributed by atoms with van der Waals surface area (Å²) in [6.45, 7) is 2.20. The van der Waals surface area contributed by atoms with Crippen LogP contribution in [0.15, 0.2) is 30.3 Å². The van der Waals surface area contributed by atoms with Crippen LogP contribution in [-0.2, 0) is 9.53 Å². The highest BCUT2D eigenvalue weighted by Crippen LogP contribution is 2.02. The minimum atomic E-state index is -0.358. The number of benzene rings is 1. The number of hydrazine groups is 1. The quantitative estimate of drug-likeness (QED) is 0.357. The van der Waals surface area contributed by atoms with Gasteiger partial charge in [0.25, 0.3) is 5.91 Å². The molecule has 0 radical (unpaired) electrons. The highest BCUT2D eigenvalue weighted by atomic mass is 16.5. The Morgan fingerprint density at radius 2 is 1.94 bits per heavy atom. The summed E-state index contributed by atoms with van der Waals surface area (Å²) in [5.74, 6) is 4.90. The maximum absolute atomic E-state index is 11.8. The predicted octanol–water partition coefficient (Wildman–Crippen LogP) is 0.956. The second-order valence-corrected chi connectivity index (χ2v) is 3.42. The number of carbonyl (C=O) groups excluding carboxylic acids is 2.